The van der Waals surface area contributed by atoms with Crippen molar-refractivity contribution in [3.8, 4) is 0 Å². The van der Waals surface area contributed by atoms with Crippen LogP contribution in [0, 0.1) is 5.82 Å². The third kappa shape index (κ3) is 3.22. The van der Waals surface area contributed by atoms with E-state index in [1.165, 1.54) is 18.2 Å². The minimum absolute atomic E-state index is 0.0853. The second kappa shape index (κ2) is 5.72. The Kier molecular flexibility index (Phi) is 4.05. The number of rotatable bonds is 2. The molecule has 2 heterocycles. The second-order valence-electron chi connectivity index (χ2n) is 6.02. The van der Waals surface area contributed by atoms with Crippen LogP contribution in [0.3, 0.4) is 0 Å². The number of benzene rings is 1. The molecule has 3 rings (SSSR count). The van der Waals surface area contributed by atoms with E-state index in [9.17, 15) is 22.4 Å². The van der Waals surface area contributed by atoms with Crippen LogP contribution in [-0.4, -0.2) is 21.1 Å². The summed E-state index contributed by atoms with van der Waals surface area (Å²) in [4.78, 5) is 16.6. The van der Waals surface area contributed by atoms with Gasteiger partial charge in [0.05, 0.1) is 6.54 Å². The molecule has 0 fully saturated rings. The molecule has 10 heteroatoms. The van der Waals surface area contributed by atoms with Gasteiger partial charge in [-0.2, -0.15) is 13.2 Å². The lowest BCUT2D eigenvalue weighted by Gasteiger charge is -2.31. The first-order valence-corrected chi connectivity index (χ1v) is 7.97. The highest BCUT2D eigenvalue weighted by atomic mass is 79.9. The Balaban J connectivity index is 2.10. The van der Waals surface area contributed by atoms with Gasteiger partial charge in [0.2, 0.25) is 0 Å². The first-order chi connectivity index (χ1) is 11.5. The number of aliphatic imine (C=N–C) groups is 1. The van der Waals surface area contributed by atoms with E-state index in [-0.39, 0.29) is 23.6 Å². The molecule has 134 valence electrons. The van der Waals surface area contributed by atoms with Crippen molar-refractivity contribution in [2.45, 2.75) is 31.7 Å². The van der Waals surface area contributed by atoms with Crippen LogP contribution >= 0.6 is 15.9 Å². The number of alkyl halides is 3. The van der Waals surface area contributed by atoms with E-state index in [1.807, 2.05) is 0 Å². The summed E-state index contributed by atoms with van der Waals surface area (Å²) in [5, 5.41) is 0. The van der Waals surface area contributed by atoms with Crippen LogP contribution in [0.1, 0.15) is 18.2 Å². The van der Waals surface area contributed by atoms with E-state index in [0.717, 1.165) is 10.8 Å². The van der Waals surface area contributed by atoms with Crippen molar-refractivity contribution in [3.05, 3.63) is 56.4 Å². The minimum Gasteiger partial charge on any atom is -0.382 e. The molecular formula is C15H13BrF4N4O. The lowest BCUT2D eigenvalue weighted by Crippen LogP contribution is -2.41. The molecule has 0 amide bonds. The summed E-state index contributed by atoms with van der Waals surface area (Å²) >= 11 is 3.24. The van der Waals surface area contributed by atoms with Crippen LogP contribution < -0.4 is 11.4 Å². The van der Waals surface area contributed by atoms with Crippen LogP contribution in [-0.2, 0) is 18.6 Å². The van der Waals surface area contributed by atoms with Crippen LogP contribution in [0.15, 0.2) is 38.7 Å². The van der Waals surface area contributed by atoms with Gasteiger partial charge in [-0.15, -0.1) is 0 Å². The summed E-state index contributed by atoms with van der Waals surface area (Å²) in [6.45, 7) is 0.0162. The number of hydrogen-bond donors (Lipinski definition) is 1. The molecule has 1 aliphatic heterocycles. The summed E-state index contributed by atoms with van der Waals surface area (Å²) in [5.74, 6) is -0.667. The van der Waals surface area contributed by atoms with Crippen molar-refractivity contribution in [1.29, 1.82) is 0 Å². The quantitative estimate of drug-likeness (QED) is 0.759. The van der Waals surface area contributed by atoms with Crippen molar-refractivity contribution in [2.75, 3.05) is 0 Å². The number of imidazole rings is 1. The molecule has 1 aromatic heterocycles. The standard InChI is InChI=1S/C15H13BrF4N4O/c1-14(9-4-8(16)2-3-10(9)17)6-24-11(12(21)22-14)5-23(13(24)25)7-15(18,19)20/h2-5H,6-7H2,1H3,(H2,21,22)/t14-/m0/s1. The number of fused-ring (bicyclic) bond motifs is 1. The lowest BCUT2D eigenvalue weighted by molar-refractivity contribution is -0.141. The summed E-state index contributed by atoms with van der Waals surface area (Å²) in [6, 6.07) is 4.26. The molecule has 5 nitrogen and oxygen atoms in total. The van der Waals surface area contributed by atoms with Gasteiger partial charge in [0.15, 0.2) is 0 Å². The van der Waals surface area contributed by atoms with E-state index in [1.54, 1.807) is 6.92 Å². The summed E-state index contributed by atoms with van der Waals surface area (Å²) in [7, 11) is 0. The maximum absolute atomic E-state index is 14.3. The van der Waals surface area contributed by atoms with Gasteiger partial charge in [0, 0.05) is 16.2 Å². The number of halogens is 5. The van der Waals surface area contributed by atoms with Crippen molar-refractivity contribution >= 4 is 21.8 Å². The molecule has 0 unspecified atom stereocenters. The van der Waals surface area contributed by atoms with Crippen molar-refractivity contribution < 1.29 is 17.6 Å². The maximum atomic E-state index is 14.3. The van der Waals surface area contributed by atoms with Gasteiger partial charge >= 0.3 is 11.9 Å². The molecule has 2 aromatic rings. The van der Waals surface area contributed by atoms with Gasteiger partial charge in [-0.1, -0.05) is 15.9 Å². The molecule has 1 aliphatic rings. The minimum atomic E-state index is -4.55. The van der Waals surface area contributed by atoms with Crippen LogP contribution in [0.5, 0.6) is 0 Å². The molecule has 2 N–H and O–H groups in total. The smallest absolute Gasteiger partial charge is 0.382 e. The first kappa shape index (κ1) is 17.7. The van der Waals surface area contributed by atoms with Gasteiger partial charge in [-0.05, 0) is 25.1 Å². The highest BCUT2D eigenvalue weighted by Gasteiger charge is 2.37. The zero-order valence-electron chi connectivity index (χ0n) is 12.9. The Morgan fingerprint density at radius 2 is 2.08 bits per heavy atom. The Morgan fingerprint density at radius 1 is 1.40 bits per heavy atom. The van der Waals surface area contributed by atoms with E-state index < -0.39 is 29.8 Å². The summed E-state index contributed by atoms with van der Waals surface area (Å²) in [6.07, 6.45) is -3.53. The molecule has 1 atom stereocenters. The SMILES string of the molecule is C[C@@]1(c2cc(Br)ccc2F)Cn2c(cn(CC(F)(F)F)c2=O)C(N)=N1. The number of hydrogen-bond acceptors (Lipinski definition) is 3. The molecule has 0 radical (unpaired) electrons. The molecule has 0 spiro atoms. The third-order valence-electron chi connectivity index (χ3n) is 4.00. The summed E-state index contributed by atoms with van der Waals surface area (Å²) < 4.78 is 54.3. The number of nitrogens with zero attached hydrogens (tertiary/aromatic N) is 3. The lowest BCUT2D eigenvalue weighted by atomic mass is 9.90. The highest BCUT2D eigenvalue weighted by molar-refractivity contribution is 9.10. The van der Waals surface area contributed by atoms with E-state index in [4.69, 9.17) is 5.73 Å². The van der Waals surface area contributed by atoms with Crippen LogP contribution in [0.2, 0.25) is 0 Å². The predicted octanol–water partition coefficient (Wildman–Crippen LogP) is 2.75. The topological polar surface area (TPSA) is 65.3 Å². The second-order valence-corrected chi connectivity index (χ2v) is 6.94. The number of aromatic nitrogens is 2. The van der Waals surface area contributed by atoms with Crippen molar-refractivity contribution in [2.24, 2.45) is 10.7 Å². The molecule has 1 aromatic carbocycles. The molecular weight excluding hydrogens is 408 g/mol. The fourth-order valence-electron chi connectivity index (χ4n) is 2.92. The molecule has 0 saturated carbocycles. The largest absolute Gasteiger partial charge is 0.406 e. The van der Waals surface area contributed by atoms with Crippen LogP contribution in [0.4, 0.5) is 17.6 Å². The van der Waals surface area contributed by atoms with Gasteiger partial charge in [-0.3, -0.25) is 14.1 Å². The first-order valence-electron chi connectivity index (χ1n) is 7.18. The molecule has 25 heavy (non-hydrogen) atoms. The molecule has 0 aliphatic carbocycles. The Hall–Kier alpha value is -2.10. The molecule has 0 saturated heterocycles. The highest BCUT2D eigenvalue weighted by Crippen LogP contribution is 2.34. The Morgan fingerprint density at radius 3 is 2.72 bits per heavy atom. The maximum Gasteiger partial charge on any atom is 0.406 e. The summed E-state index contributed by atoms with van der Waals surface area (Å²) in [5.41, 5.74) is 4.03. The molecule has 0 bridgehead atoms. The average Bonchev–Trinajstić information content (AvgIpc) is 2.77. The van der Waals surface area contributed by atoms with Gasteiger partial charge in [0.1, 0.15) is 29.4 Å². The van der Waals surface area contributed by atoms with Gasteiger partial charge < -0.3 is 5.73 Å². The fourth-order valence-corrected chi connectivity index (χ4v) is 3.28. The normalized spacial score (nSPS) is 20.3. The Labute approximate surface area is 147 Å². The Bertz CT molecular complexity index is 931. The van der Waals surface area contributed by atoms with Crippen molar-refractivity contribution in [3.63, 3.8) is 0 Å². The zero-order valence-corrected chi connectivity index (χ0v) is 14.5. The van der Waals surface area contributed by atoms with E-state index in [2.05, 4.69) is 20.9 Å². The van der Waals surface area contributed by atoms with Crippen molar-refractivity contribution in [1.82, 2.24) is 9.13 Å². The van der Waals surface area contributed by atoms with Crippen LogP contribution in [0.25, 0.3) is 0 Å². The van der Waals surface area contributed by atoms with Gasteiger partial charge in [0.25, 0.3) is 0 Å². The third-order valence-corrected chi connectivity index (χ3v) is 4.49. The predicted molar refractivity (Wildman–Crippen MR) is 86.9 cm³/mol. The van der Waals surface area contributed by atoms with E-state index in [0.29, 0.717) is 9.04 Å². The number of nitrogens with two attached hydrogens (primary N) is 1. The fraction of sp³-hybridized carbons (Fsp3) is 0.333. The van der Waals surface area contributed by atoms with Gasteiger partial charge in [-0.25, -0.2) is 9.18 Å². The zero-order chi connectivity index (χ0) is 18.6. The average molecular weight is 421 g/mol. The van der Waals surface area contributed by atoms with E-state index >= 15 is 0 Å². The number of amidine groups is 1. The monoisotopic (exact) mass is 420 g/mol.